The van der Waals surface area contributed by atoms with Gasteiger partial charge in [-0.05, 0) is 13.8 Å². The van der Waals surface area contributed by atoms with Gasteiger partial charge in [0.2, 0.25) is 0 Å². The highest BCUT2D eigenvalue weighted by atomic mass is 35.5. The Labute approximate surface area is 92.1 Å². The summed E-state index contributed by atoms with van der Waals surface area (Å²) in [5.74, 6) is 0. The molecular weight excluding hydrogens is 212 g/mol. The Bertz CT molecular complexity index is 550. The molecule has 0 aromatic carbocycles. The molecule has 2 heterocycles. The third kappa shape index (κ3) is 1.45. The van der Waals surface area contributed by atoms with Gasteiger partial charge in [0.1, 0.15) is 6.07 Å². The van der Waals surface area contributed by atoms with E-state index >= 15 is 0 Å². The van der Waals surface area contributed by atoms with Gasteiger partial charge < -0.3 is 0 Å². The summed E-state index contributed by atoms with van der Waals surface area (Å²) in [5.41, 5.74) is 1.10. The lowest BCUT2D eigenvalue weighted by Crippen LogP contribution is -2.03. The number of hydrogen-bond acceptors (Lipinski definition) is 3. The number of fused-ring (bicyclic) bond motifs is 1. The van der Waals surface area contributed by atoms with E-state index < -0.39 is 0 Å². The molecule has 0 saturated heterocycles. The third-order valence-corrected chi connectivity index (χ3v) is 2.57. The van der Waals surface area contributed by atoms with E-state index in [1.54, 1.807) is 10.9 Å². The number of nitrogens with zero attached hydrogens (tertiary/aromatic N) is 4. The number of aromatic nitrogens is 3. The van der Waals surface area contributed by atoms with Crippen molar-refractivity contribution in [3.05, 3.63) is 23.0 Å². The average molecular weight is 221 g/mol. The summed E-state index contributed by atoms with van der Waals surface area (Å²) in [6.45, 7) is 4.03. The maximum absolute atomic E-state index is 8.79. The molecule has 4 nitrogen and oxygen atoms in total. The number of nitriles is 1. The standard InChI is InChI=1S/C10H9ClN4/c1-6(2)15-10-8(5-14-15)9(11)7(3-12)4-13-10/h4-6H,1-2H3. The van der Waals surface area contributed by atoms with Crippen molar-refractivity contribution in [3.8, 4) is 6.07 Å². The molecule has 2 rings (SSSR count). The molecule has 0 saturated carbocycles. The van der Waals surface area contributed by atoms with Crippen LogP contribution >= 0.6 is 11.6 Å². The van der Waals surface area contributed by atoms with Crippen molar-refractivity contribution < 1.29 is 0 Å². The van der Waals surface area contributed by atoms with Crippen LogP contribution in [0.4, 0.5) is 0 Å². The summed E-state index contributed by atoms with van der Waals surface area (Å²) in [6.07, 6.45) is 3.12. The van der Waals surface area contributed by atoms with Gasteiger partial charge in [-0.1, -0.05) is 11.6 Å². The molecule has 5 heteroatoms. The van der Waals surface area contributed by atoms with Crippen LogP contribution in [0.15, 0.2) is 12.4 Å². The zero-order valence-corrected chi connectivity index (χ0v) is 9.15. The summed E-state index contributed by atoms with van der Waals surface area (Å²) in [4.78, 5) is 4.19. The van der Waals surface area contributed by atoms with Crippen LogP contribution in [0.2, 0.25) is 5.02 Å². The highest BCUT2D eigenvalue weighted by Crippen LogP contribution is 2.26. The summed E-state index contributed by atoms with van der Waals surface area (Å²) in [7, 11) is 0. The smallest absolute Gasteiger partial charge is 0.159 e. The molecular formula is C10H9ClN4. The normalized spacial score (nSPS) is 10.9. The quantitative estimate of drug-likeness (QED) is 0.742. The van der Waals surface area contributed by atoms with Gasteiger partial charge in [-0.3, -0.25) is 0 Å². The molecule has 0 amide bonds. The fourth-order valence-electron chi connectivity index (χ4n) is 1.42. The summed E-state index contributed by atoms with van der Waals surface area (Å²) in [6, 6.07) is 2.22. The van der Waals surface area contributed by atoms with Crippen molar-refractivity contribution in [3.63, 3.8) is 0 Å². The second-order valence-electron chi connectivity index (χ2n) is 3.52. The number of halogens is 1. The van der Waals surface area contributed by atoms with Crippen molar-refractivity contribution in [1.82, 2.24) is 14.8 Å². The van der Waals surface area contributed by atoms with Crippen LogP contribution in [0.5, 0.6) is 0 Å². The summed E-state index contributed by atoms with van der Waals surface area (Å²) < 4.78 is 1.78. The van der Waals surface area contributed by atoms with E-state index in [2.05, 4.69) is 10.1 Å². The van der Waals surface area contributed by atoms with Crippen molar-refractivity contribution >= 4 is 22.6 Å². The molecule has 0 atom stereocenters. The molecule has 0 bridgehead atoms. The summed E-state index contributed by atoms with van der Waals surface area (Å²) in [5, 5.41) is 14.1. The molecule has 0 radical (unpaired) electrons. The van der Waals surface area contributed by atoms with E-state index in [9.17, 15) is 0 Å². The molecule has 15 heavy (non-hydrogen) atoms. The maximum atomic E-state index is 8.79. The Morgan fingerprint density at radius 2 is 2.20 bits per heavy atom. The molecule has 2 aromatic heterocycles. The van der Waals surface area contributed by atoms with Gasteiger partial charge in [-0.2, -0.15) is 10.4 Å². The van der Waals surface area contributed by atoms with Gasteiger partial charge in [0.05, 0.1) is 22.2 Å². The first kappa shape index (κ1) is 9.94. The maximum Gasteiger partial charge on any atom is 0.159 e. The van der Waals surface area contributed by atoms with Gasteiger partial charge >= 0.3 is 0 Å². The van der Waals surface area contributed by atoms with Gasteiger partial charge in [0, 0.05) is 12.2 Å². The van der Waals surface area contributed by atoms with Crippen LogP contribution in [-0.4, -0.2) is 14.8 Å². The second-order valence-corrected chi connectivity index (χ2v) is 3.90. The van der Waals surface area contributed by atoms with E-state index in [-0.39, 0.29) is 6.04 Å². The molecule has 0 N–H and O–H groups in total. The summed E-state index contributed by atoms with van der Waals surface area (Å²) >= 11 is 6.04. The first-order valence-corrected chi connectivity index (χ1v) is 4.94. The lowest BCUT2D eigenvalue weighted by molar-refractivity contribution is 0.546. The molecule has 0 aliphatic carbocycles. The number of hydrogen-bond donors (Lipinski definition) is 0. The average Bonchev–Trinajstić information content (AvgIpc) is 2.62. The highest BCUT2D eigenvalue weighted by Gasteiger charge is 2.12. The Hall–Kier alpha value is -1.60. The van der Waals surface area contributed by atoms with Crippen LogP contribution in [0.25, 0.3) is 11.0 Å². The van der Waals surface area contributed by atoms with Crippen LogP contribution in [0.1, 0.15) is 25.5 Å². The van der Waals surface area contributed by atoms with Crippen LogP contribution in [0.3, 0.4) is 0 Å². The Morgan fingerprint density at radius 1 is 1.47 bits per heavy atom. The van der Waals surface area contributed by atoms with Crippen molar-refractivity contribution in [2.45, 2.75) is 19.9 Å². The van der Waals surface area contributed by atoms with Crippen LogP contribution < -0.4 is 0 Å². The Balaban J connectivity index is 2.77. The third-order valence-electron chi connectivity index (χ3n) is 2.17. The monoisotopic (exact) mass is 220 g/mol. The zero-order chi connectivity index (χ0) is 11.0. The van der Waals surface area contributed by atoms with Crippen molar-refractivity contribution in [1.29, 1.82) is 5.26 Å². The lowest BCUT2D eigenvalue weighted by atomic mass is 10.2. The predicted molar refractivity (Wildman–Crippen MR) is 57.6 cm³/mol. The number of pyridine rings is 1. The molecule has 0 aliphatic heterocycles. The van der Waals surface area contributed by atoms with Crippen molar-refractivity contribution in [2.75, 3.05) is 0 Å². The van der Waals surface area contributed by atoms with Gasteiger partial charge in [-0.25, -0.2) is 9.67 Å². The fraction of sp³-hybridized carbons (Fsp3) is 0.300. The fourth-order valence-corrected chi connectivity index (χ4v) is 1.65. The highest BCUT2D eigenvalue weighted by molar-refractivity contribution is 6.36. The van der Waals surface area contributed by atoms with E-state index in [1.807, 2.05) is 19.9 Å². The SMILES string of the molecule is CC(C)n1ncc2c(Cl)c(C#N)cnc21. The molecule has 0 unspecified atom stereocenters. The topological polar surface area (TPSA) is 54.5 Å². The number of rotatable bonds is 1. The minimum Gasteiger partial charge on any atom is -0.245 e. The molecule has 0 fully saturated rings. The lowest BCUT2D eigenvalue weighted by Gasteiger charge is -2.05. The van der Waals surface area contributed by atoms with Gasteiger partial charge in [0.25, 0.3) is 0 Å². The van der Waals surface area contributed by atoms with E-state index in [0.717, 1.165) is 5.39 Å². The van der Waals surface area contributed by atoms with E-state index in [1.165, 1.54) is 6.20 Å². The minimum absolute atomic E-state index is 0.221. The van der Waals surface area contributed by atoms with Crippen molar-refractivity contribution in [2.24, 2.45) is 0 Å². The Morgan fingerprint density at radius 3 is 2.80 bits per heavy atom. The first-order chi connectivity index (χ1) is 7.15. The predicted octanol–water partition coefficient (Wildman–Crippen LogP) is 2.54. The Kier molecular flexibility index (Phi) is 2.33. The first-order valence-electron chi connectivity index (χ1n) is 4.57. The van der Waals surface area contributed by atoms with E-state index in [4.69, 9.17) is 16.9 Å². The van der Waals surface area contributed by atoms with Gasteiger partial charge in [0.15, 0.2) is 5.65 Å². The molecule has 76 valence electrons. The second kappa shape index (κ2) is 3.52. The zero-order valence-electron chi connectivity index (χ0n) is 8.40. The molecule has 0 aliphatic rings. The largest absolute Gasteiger partial charge is 0.245 e. The van der Waals surface area contributed by atoms with Crippen LogP contribution in [-0.2, 0) is 0 Å². The van der Waals surface area contributed by atoms with Gasteiger partial charge in [-0.15, -0.1) is 0 Å². The minimum atomic E-state index is 0.221. The molecule has 0 spiro atoms. The van der Waals surface area contributed by atoms with Crippen LogP contribution in [0, 0.1) is 11.3 Å². The molecule has 2 aromatic rings. The van der Waals surface area contributed by atoms with E-state index in [0.29, 0.717) is 16.2 Å².